The van der Waals surface area contributed by atoms with Crippen LogP contribution in [0.25, 0.3) is 33.4 Å². The summed E-state index contributed by atoms with van der Waals surface area (Å²) in [5, 5.41) is 5.38. The zero-order chi connectivity index (χ0) is 25.2. The zero-order valence-electron chi connectivity index (χ0n) is 20.2. The Hall–Kier alpha value is -4.47. The van der Waals surface area contributed by atoms with Crippen LogP contribution in [0.3, 0.4) is 0 Å². The molecule has 0 atom stereocenters. The second-order valence-corrected chi connectivity index (χ2v) is 8.78. The van der Waals surface area contributed by atoms with E-state index in [1.807, 2.05) is 36.1 Å². The molecule has 1 aromatic carbocycles. The SMILES string of the molecule is CCNC(=O)Nc1nc2cc(-c3ccn(C)c(=O)c3)cc(-c3ccc(C(=O)N4CCCC4)cn3)c2[nH]1. The first-order valence-corrected chi connectivity index (χ1v) is 11.9. The molecule has 4 aromatic rings. The third-order valence-electron chi connectivity index (χ3n) is 6.28. The van der Waals surface area contributed by atoms with Gasteiger partial charge in [0.15, 0.2) is 0 Å². The molecule has 184 valence electrons. The van der Waals surface area contributed by atoms with Gasteiger partial charge in [0.1, 0.15) is 0 Å². The molecule has 3 amide bonds. The predicted molar refractivity (Wildman–Crippen MR) is 138 cm³/mol. The van der Waals surface area contributed by atoms with E-state index < -0.39 is 0 Å². The van der Waals surface area contributed by atoms with Gasteiger partial charge in [-0.3, -0.25) is 19.9 Å². The number of benzene rings is 1. The number of hydrogen-bond acceptors (Lipinski definition) is 5. The Morgan fingerprint density at radius 1 is 1.08 bits per heavy atom. The molecule has 3 N–H and O–H groups in total. The summed E-state index contributed by atoms with van der Waals surface area (Å²) in [6.45, 7) is 3.86. The van der Waals surface area contributed by atoms with Crippen molar-refractivity contribution < 1.29 is 9.59 Å². The Kier molecular flexibility index (Phi) is 6.24. The van der Waals surface area contributed by atoms with E-state index in [1.54, 1.807) is 31.6 Å². The number of amides is 3. The molecule has 0 bridgehead atoms. The lowest BCUT2D eigenvalue weighted by atomic mass is 10.00. The molecule has 1 saturated heterocycles. The summed E-state index contributed by atoms with van der Waals surface area (Å²) < 4.78 is 1.50. The van der Waals surface area contributed by atoms with Crippen molar-refractivity contribution >= 4 is 28.9 Å². The third kappa shape index (κ3) is 4.57. The van der Waals surface area contributed by atoms with Gasteiger partial charge in [0.25, 0.3) is 11.5 Å². The number of carbonyl (C=O) groups is 2. The van der Waals surface area contributed by atoms with E-state index >= 15 is 0 Å². The number of rotatable bonds is 5. The van der Waals surface area contributed by atoms with Crippen LogP contribution in [0.2, 0.25) is 0 Å². The van der Waals surface area contributed by atoms with Crippen LogP contribution in [0.1, 0.15) is 30.1 Å². The van der Waals surface area contributed by atoms with E-state index in [2.05, 4.69) is 25.6 Å². The lowest BCUT2D eigenvalue weighted by Crippen LogP contribution is -2.28. The number of fused-ring (bicyclic) bond motifs is 1. The van der Waals surface area contributed by atoms with Crippen LogP contribution in [0.15, 0.2) is 53.6 Å². The summed E-state index contributed by atoms with van der Waals surface area (Å²) in [6, 6.07) is 10.4. The average molecular weight is 486 g/mol. The van der Waals surface area contributed by atoms with Gasteiger partial charge in [-0.2, -0.15) is 0 Å². The number of anilines is 1. The van der Waals surface area contributed by atoms with Gasteiger partial charge in [-0.05, 0) is 61.2 Å². The van der Waals surface area contributed by atoms with E-state index in [0.29, 0.717) is 34.8 Å². The lowest BCUT2D eigenvalue weighted by molar-refractivity contribution is 0.0792. The number of carbonyl (C=O) groups excluding carboxylic acids is 2. The standard InChI is InChI=1S/C26H27N7O3/c1-3-27-26(36)31-25-29-21-13-18(16-8-11-32(2)22(34)14-16)12-19(23(21)30-25)20-7-6-17(15-28-20)24(35)33-9-4-5-10-33/h6-8,11-15H,3-5,9-10H2,1-2H3,(H3,27,29,30,31,36). The molecule has 36 heavy (non-hydrogen) atoms. The molecule has 1 aliphatic heterocycles. The molecule has 0 radical (unpaired) electrons. The first kappa shape index (κ1) is 23.3. The fourth-order valence-electron chi connectivity index (χ4n) is 4.36. The molecule has 0 aliphatic carbocycles. The highest BCUT2D eigenvalue weighted by Gasteiger charge is 2.20. The van der Waals surface area contributed by atoms with Crippen LogP contribution in [0, 0.1) is 0 Å². The maximum absolute atomic E-state index is 12.8. The van der Waals surface area contributed by atoms with E-state index in [1.165, 1.54) is 4.57 Å². The van der Waals surface area contributed by atoms with E-state index in [4.69, 9.17) is 0 Å². The molecule has 4 heterocycles. The Labute approximate surface area is 207 Å². The van der Waals surface area contributed by atoms with Crippen LogP contribution in [0.5, 0.6) is 0 Å². The monoisotopic (exact) mass is 485 g/mol. The van der Waals surface area contributed by atoms with Crippen LogP contribution in [-0.4, -0.2) is 56.0 Å². The minimum absolute atomic E-state index is 0.0134. The van der Waals surface area contributed by atoms with E-state index in [-0.39, 0.29) is 17.5 Å². The number of imidazole rings is 1. The number of aromatic amines is 1. The van der Waals surface area contributed by atoms with E-state index in [9.17, 15) is 14.4 Å². The average Bonchev–Trinajstić information content (AvgIpc) is 3.55. The Balaban J connectivity index is 1.58. The molecule has 1 aliphatic rings. The fraction of sp³-hybridized carbons (Fsp3) is 0.269. The predicted octanol–water partition coefficient (Wildman–Crippen LogP) is 3.37. The Bertz CT molecular complexity index is 1500. The summed E-state index contributed by atoms with van der Waals surface area (Å²) >= 11 is 0. The molecule has 10 nitrogen and oxygen atoms in total. The van der Waals surface area contributed by atoms with Crippen molar-refractivity contribution in [3.05, 3.63) is 64.7 Å². The maximum Gasteiger partial charge on any atom is 0.321 e. The number of urea groups is 1. The second-order valence-electron chi connectivity index (χ2n) is 8.78. The first-order chi connectivity index (χ1) is 17.4. The van der Waals surface area contributed by atoms with Gasteiger partial charge in [-0.1, -0.05) is 0 Å². The number of nitrogens with one attached hydrogen (secondary N) is 3. The zero-order valence-corrected chi connectivity index (χ0v) is 20.2. The molecular formula is C26H27N7O3. The van der Waals surface area contributed by atoms with E-state index in [0.717, 1.165) is 42.6 Å². The third-order valence-corrected chi connectivity index (χ3v) is 6.28. The highest BCUT2D eigenvalue weighted by atomic mass is 16.2. The topological polar surface area (TPSA) is 125 Å². The van der Waals surface area contributed by atoms with Crippen LogP contribution in [0.4, 0.5) is 10.7 Å². The van der Waals surface area contributed by atoms with Crippen molar-refractivity contribution in [3.8, 4) is 22.4 Å². The summed E-state index contributed by atoms with van der Waals surface area (Å²) in [7, 11) is 1.70. The lowest BCUT2D eigenvalue weighted by Gasteiger charge is -2.15. The van der Waals surface area contributed by atoms with Gasteiger partial charge >= 0.3 is 6.03 Å². The Morgan fingerprint density at radius 2 is 1.89 bits per heavy atom. The van der Waals surface area contributed by atoms with Crippen LogP contribution >= 0.6 is 0 Å². The Morgan fingerprint density at radius 3 is 2.58 bits per heavy atom. The highest BCUT2D eigenvalue weighted by molar-refractivity contribution is 5.99. The fourth-order valence-corrected chi connectivity index (χ4v) is 4.36. The molecule has 0 saturated carbocycles. The summed E-state index contributed by atoms with van der Waals surface area (Å²) in [6.07, 6.45) is 5.36. The normalized spacial score (nSPS) is 13.2. The minimum atomic E-state index is -0.368. The number of hydrogen-bond donors (Lipinski definition) is 3. The van der Waals surface area contributed by atoms with Crippen molar-refractivity contribution in [2.24, 2.45) is 7.05 Å². The summed E-state index contributed by atoms with van der Waals surface area (Å²) in [5.41, 5.74) is 4.60. The van der Waals surface area contributed by atoms with Crippen LogP contribution < -0.4 is 16.2 Å². The number of H-pyrrole nitrogens is 1. The molecule has 3 aromatic heterocycles. The maximum atomic E-state index is 12.8. The van der Waals surface area contributed by atoms with Gasteiger partial charge in [0.2, 0.25) is 5.95 Å². The second kappa shape index (κ2) is 9.65. The van der Waals surface area contributed by atoms with Gasteiger partial charge in [-0.15, -0.1) is 0 Å². The van der Waals surface area contributed by atoms with Gasteiger partial charge in [0.05, 0.1) is 22.3 Å². The minimum Gasteiger partial charge on any atom is -0.339 e. The molecule has 10 heteroatoms. The van der Waals surface area contributed by atoms with Gasteiger partial charge < -0.3 is 19.8 Å². The van der Waals surface area contributed by atoms with Crippen molar-refractivity contribution in [3.63, 3.8) is 0 Å². The molecule has 5 rings (SSSR count). The summed E-state index contributed by atoms with van der Waals surface area (Å²) in [4.78, 5) is 51.2. The van der Waals surface area contributed by atoms with Gasteiger partial charge in [-0.25, -0.2) is 9.78 Å². The largest absolute Gasteiger partial charge is 0.339 e. The summed E-state index contributed by atoms with van der Waals surface area (Å²) in [5.74, 6) is 0.277. The molecule has 0 unspecified atom stereocenters. The van der Waals surface area contributed by atoms with Crippen molar-refractivity contribution in [2.45, 2.75) is 19.8 Å². The number of aryl methyl sites for hydroxylation is 1. The van der Waals surface area contributed by atoms with Crippen LogP contribution in [-0.2, 0) is 7.05 Å². The smallest absolute Gasteiger partial charge is 0.321 e. The number of aromatic nitrogens is 4. The number of nitrogens with zero attached hydrogens (tertiary/aromatic N) is 4. The number of likely N-dealkylation sites (tertiary alicyclic amines) is 1. The molecular weight excluding hydrogens is 458 g/mol. The molecule has 1 fully saturated rings. The van der Waals surface area contributed by atoms with Crippen molar-refractivity contribution in [1.82, 2.24) is 29.7 Å². The first-order valence-electron chi connectivity index (χ1n) is 11.9. The van der Waals surface area contributed by atoms with Crippen molar-refractivity contribution in [2.75, 3.05) is 25.0 Å². The van der Waals surface area contributed by atoms with Gasteiger partial charge in [0, 0.05) is 50.7 Å². The number of pyridine rings is 2. The molecule has 0 spiro atoms. The highest BCUT2D eigenvalue weighted by Crippen LogP contribution is 2.33. The van der Waals surface area contributed by atoms with Crippen molar-refractivity contribution in [1.29, 1.82) is 0 Å². The quantitative estimate of drug-likeness (QED) is 0.400.